The van der Waals surface area contributed by atoms with Crippen LogP contribution in [0.2, 0.25) is 0 Å². The van der Waals surface area contributed by atoms with Gasteiger partial charge in [0.05, 0.1) is 0 Å². The van der Waals surface area contributed by atoms with Crippen molar-refractivity contribution in [3.8, 4) is 0 Å². The zero-order chi connectivity index (χ0) is 5.54. The molecule has 0 saturated heterocycles. The first kappa shape index (κ1) is 6.93. The summed E-state index contributed by atoms with van der Waals surface area (Å²) in [5.74, 6) is 0. The summed E-state index contributed by atoms with van der Waals surface area (Å²) in [6.07, 6.45) is 3.74. The summed E-state index contributed by atoms with van der Waals surface area (Å²) in [7, 11) is 0. The van der Waals surface area contributed by atoms with Crippen LogP contribution in [0, 0.1) is 6.67 Å². The maximum atomic E-state index is 11.1. The highest BCUT2D eigenvalue weighted by molar-refractivity contribution is 4.46. The minimum absolute atomic E-state index is 0.508. The predicted octanol–water partition coefficient (Wildman–Crippen LogP) is 2.57. The molecule has 0 aliphatic heterocycles. The summed E-state index contributed by atoms with van der Waals surface area (Å²) in [5.41, 5.74) is 0. The molecule has 0 heterocycles. The average Bonchev–Trinajstić information content (AvgIpc) is 1.69. The van der Waals surface area contributed by atoms with Crippen molar-refractivity contribution in [1.29, 1.82) is 0 Å². The van der Waals surface area contributed by atoms with Crippen LogP contribution in [-0.2, 0) is 0 Å². The van der Waals surface area contributed by atoms with Gasteiger partial charge in [-0.1, -0.05) is 26.2 Å². The Morgan fingerprint density at radius 3 is 2.57 bits per heavy atom. The van der Waals surface area contributed by atoms with Crippen molar-refractivity contribution in [2.75, 3.05) is 0 Å². The summed E-state index contributed by atoms with van der Waals surface area (Å²) < 4.78 is 11.1. The van der Waals surface area contributed by atoms with Gasteiger partial charge in [0.15, 0.2) is 6.67 Å². The van der Waals surface area contributed by atoms with Gasteiger partial charge in [0, 0.05) is 0 Å². The third-order valence-electron chi connectivity index (χ3n) is 0.875. The third-order valence-corrected chi connectivity index (χ3v) is 0.875. The average molecular weight is 102 g/mol. The van der Waals surface area contributed by atoms with Gasteiger partial charge in [-0.3, -0.25) is 0 Å². The summed E-state index contributed by atoms with van der Waals surface area (Å²) in [4.78, 5) is 0. The quantitative estimate of drug-likeness (QED) is 0.478. The molecule has 0 aromatic carbocycles. The Bertz CT molecular complexity index is 23.4. The first-order valence-corrected chi connectivity index (χ1v) is 2.75. The first-order chi connectivity index (χ1) is 3.41. The molecule has 42 valence electrons. The standard InChI is InChI=1S/C6H11F/c1-2-3-4-5-6-7/h2-5H2,1H3. The lowest BCUT2D eigenvalue weighted by Crippen LogP contribution is -1.70. The van der Waals surface area contributed by atoms with Crippen LogP contribution in [0.3, 0.4) is 0 Å². The van der Waals surface area contributed by atoms with Crippen LogP contribution in [0.4, 0.5) is 4.39 Å². The Morgan fingerprint density at radius 1 is 1.43 bits per heavy atom. The molecule has 0 atom stereocenters. The second kappa shape index (κ2) is 5.93. The van der Waals surface area contributed by atoms with Gasteiger partial charge in [-0.05, 0) is 6.42 Å². The van der Waals surface area contributed by atoms with Crippen LogP contribution in [0.15, 0.2) is 0 Å². The Balaban J connectivity index is 2.45. The van der Waals surface area contributed by atoms with E-state index in [2.05, 4.69) is 6.92 Å². The Morgan fingerprint density at radius 2 is 2.14 bits per heavy atom. The molecule has 0 spiro atoms. The van der Waals surface area contributed by atoms with Gasteiger partial charge < -0.3 is 0 Å². The normalized spacial score (nSPS) is 9.43. The molecule has 0 rings (SSSR count). The molecule has 0 nitrogen and oxygen atoms in total. The van der Waals surface area contributed by atoms with E-state index < -0.39 is 0 Å². The maximum absolute atomic E-state index is 11.1. The maximum Gasteiger partial charge on any atom is 0.185 e. The number of rotatable bonds is 4. The van der Waals surface area contributed by atoms with E-state index in [4.69, 9.17) is 0 Å². The van der Waals surface area contributed by atoms with Crippen LogP contribution < -0.4 is 0 Å². The number of halogens is 1. The van der Waals surface area contributed by atoms with Crippen molar-refractivity contribution in [2.45, 2.75) is 32.6 Å². The second-order valence-corrected chi connectivity index (χ2v) is 1.59. The zero-order valence-corrected chi connectivity index (χ0v) is 4.71. The highest BCUT2D eigenvalue weighted by atomic mass is 19.1. The highest BCUT2D eigenvalue weighted by Gasteiger charge is 1.84. The molecule has 0 N–H and O–H groups in total. The van der Waals surface area contributed by atoms with E-state index in [1.165, 1.54) is 0 Å². The van der Waals surface area contributed by atoms with Crippen LogP contribution in [0.1, 0.15) is 32.6 Å². The highest BCUT2D eigenvalue weighted by Crippen LogP contribution is 2.00. The lowest BCUT2D eigenvalue weighted by molar-refractivity contribution is 0.548. The van der Waals surface area contributed by atoms with E-state index >= 15 is 0 Å². The molecule has 0 bridgehead atoms. The fourth-order valence-corrected chi connectivity index (χ4v) is 0.442. The van der Waals surface area contributed by atoms with E-state index in [0.29, 0.717) is 6.42 Å². The van der Waals surface area contributed by atoms with Crippen molar-refractivity contribution < 1.29 is 4.39 Å². The van der Waals surface area contributed by atoms with Gasteiger partial charge in [-0.25, -0.2) is 4.39 Å². The number of unbranched alkanes of at least 4 members (excludes halogenated alkanes) is 3. The molecule has 0 aliphatic carbocycles. The Labute approximate surface area is 44.7 Å². The second-order valence-electron chi connectivity index (χ2n) is 1.59. The van der Waals surface area contributed by atoms with Crippen molar-refractivity contribution in [1.82, 2.24) is 0 Å². The van der Waals surface area contributed by atoms with Crippen molar-refractivity contribution in [3.63, 3.8) is 0 Å². The van der Waals surface area contributed by atoms with Gasteiger partial charge in [0.25, 0.3) is 0 Å². The summed E-state index contributed by atoms with van der Waals surface area (Å²) in [6.45, 7) is 3.70. The fourth-order valence-electron chi connectivity index (χ4n) is 0.442. The molecule has 0 amide bonds. The number of hydrogen-bond acceptors (Lipinski definition) is 0. The van der Waals surface area contributed by atoms with E-state index in [1.54, 1.807) is 6.67 Å². The van der Waals surface area contributed by atoms with Gasteiger partial charge in [0.2, 0.25) is 0 Å². The van der Waals surface area contributed by atoms with Gasteiger partial charge in [-0.15, -0.1) is 0 Å². The fraction of sp³-hybridized carbons (Fsp3) is 0.833. The van der Waals surface area contributed by atoms with Gasteiger partial charge in [0.1, 0.15) is 0 Å². The largest absolute Gasteiger partial charge is 0.236 e. The van der Waals surface area contributed by atoms with Gasteiger partial charge in [-0.2, -0.15) is 0 Å². The number of hydrogen-bond donors (Lipinski definition) is 0. The summed E-state index contributed by atoms with van der Waals surface area (Å²) in [6, 6.07) is 0. The monoisotopic (exact) mass is 102 g/mol. The minimum Gasteiger partial charge on any atom is -0.236 e. The van der Waals surface area contributed by atoms with Crippen LogP contribution in [0.5, 0.6) is 0 Å². The van der Waals surface area contributed by atoms with Crippen molar-refractivity contribution in [3.05, 3.63) is 6.67 Å². The zero-order valence-electron chi connectivity index (χ0n) is 4.71. The minimum atomic E-state index is 0.508. The Hall–Kier alpha value is -0.0700. The van der Waals surface area contributed by atoms with E-state index in [1.807, 2.05) is 0 Å². The summed E-state index contributed by atoms with van der Waals surface area (Å²) in [5, 5.41) is 0. The van der Waals surface area contributed by atoms with Crippen LogP contribution in [-0.4, -0.2) is 0 Å². The molecule has 0 aromatic heterocycles. The van der Waals surface area contributed by atoms with Gasteiger partial charge >= 0.3 is 0 Å². The molecular formula is C6H11F. The molecule has 0 unspecified atom stereocenters. The van der Waals surface area contributed by atoms with Crippen LogP contribution >= 0.6 is 0 Å². The molecule has 0 aromatic rings. The SMILES string of the molecule is CCCCC[C]F. The topological polar surface area (TPSA) is 0 Å². The van der Waals surface area contributed by atoms with Crippen molar-refractivity contribution >= 4 is 0 Å². The lowest BCUT2D eigenvalue weighted by Gasteiger charge is -1.87. The smallest absolute Gasteiger partial charge is 0.185 e. The van der Waals surface area contributed by atoms with Crippen molar-refractivity contribution in [2.24, 2.45) is 0 Å². The molecule has 0 saturated carbocycles. The lowest BCUT2D eigenvalue weighted by atomic mass is 10.2. The first-order valence-electron chi connectivity index (χ1n) is 2.75. The van der Waals surface area contributed by atoms with E-state index in [9.17, 15) is 4.39 Å². The van der Waals surface area contributed by atoms with Crippen LogP contribution in [0.25, 0.3) is 0 Å². The third kappa shape index (κ3) is 5.93. The molecule has 0 fully saturated rings. The Kier molecular flexibility index (Phi) is 5.87. The molecular weight excluding hydrogens is 91.1 g/mol. The molecule has 2 radical (unpaired) electrons. The molecule has 7 heavy (non-hydrogen) atoms. The predicted molar refractivity (Wildman–Crippen MR) is 28.5 cm³/mol. The van der Waals surface area contributed by atoms with E-state index in [-0.39, 0.29) is 0 Å². The van der Waals surface area contributed by atoms with E-state index in [0.717, 1.165) is 19.3 Å². The summed E-state index contributed by atoms with van der Waals surface area (Å²) >= 11 is 0. The molecule has 0 aliphatic rings. The molecule has 1 heteroatoms.